The maximum Gasteiger partial charge on any atom is 0.274 e. The van der Waals surface area contributed by atoms with Crippen molar-refractivity contribution in [3.8, 4) is 28.6 Å². The van der Waals surface area contributed by atoms with Gasteiger partial charge in [-0.25, -0.2) is 9.37 Å². The molecule has 2 aromatic carbocycles. The van der Waals surface area contributed by atoms with Crippen LogP contribution < -0.4 is 9.47 Å². The Morgan fingerprint density at radius 1 is 1.18 bits per heavy atom. The number of aryl methyl sites for hydroxylation is 1. The summed E-state index contributed by atoms with van der Waals surface area (Å²) in [7, 11) is 1.79. The van der Waals surface area contributed by atoms with Gasteiger partial charge < -0.3 is 14.4 Å². The zero-order chi connectivity index (χ0) is 23.5. The SMILES string of the molecule is CC1COc2cc3c(cc2O1)-n1c(-c2cccc(F)c2)nc(C(=O)N(C)C(C)(C)C)c1CC3. The van der Waals surface area contributed by atoms with Gasteiger partial charge in [0.25, 0.3) is 5.91 Å². The first-order valence-corrected chi connectivity index (χ1v) is 11.3. The molecule has 2 aliphatic rings. The van der Waals surface area contributed by atoms with Crippen molar-refractivity contribution in [1.82, 2.24) is 14.5 Å². The number of nitrogens with zero attached hydrogens (tertiary/aromatic N) is 3. The van der Waals surface area contributed by atoms with Gasteiger partial charge in [-0.05, 0) is 64.3 Å². The quantitative estimate of drug-likeness (QED) is 0.564. The second-order valence-corrected chi connectivity index (χ2v) is 9.78. The van der Waals surface area contributed by atoms with Gasteiger partial charge in [0.2, 0.25) is 0 Å². The number of rotatable bonds is 2. The van der Waals surface area contributed by atoms with Gasteiger partial charge in [0.05, 0.1) is 11.4 Å². The third-order valence-corrected chi connectivity index (χ3v) is 6.39. The lowest BCUT2D eigenvalue weighted by atomic mass is 9.98. The van der Waals surface area contributed by atoms with Crippen LogP contribution in [0.2, 0.25) is 0 Å². The first kappa shape index (κ1) is 21.5. The number of carbonyl (C=O) groups is 1. The molecule has 0 N–H and O–H groups in total. The fourth-order valence-corrected chi connectivity index (χ4v) is 4.32. The Morgan fingerprint density at radius 2 is 1.97 bits per heavy atom. The summed E-state index contributed by atoms with van der Waals surface area (Å²) in [6, 6.07) is 10.3. The molecule has 1 atom stereocenters. The molecule has 1 unspecified atom stereocenters. The fraction of sp³-hybridized carbons (Fsp3) is 0.385. The van der Waals surface area contributed by atoms with Crippen LogP contribution >= 0.6 is 0 Å². The Balaban J connectivity index is 1.73. The second kappa shape index (κ2) is 7.61. The Morgan fingerprint density at radius 3 is 2.70 bits per heavy atom. The van der Waals surface area contributed by atoms with Crippen LogP contribution in [0.3, 0.4) is 0 Å². The lowest BCUT2D eigenvalue weighted by Crippen LogP contribution is -2.43. The van der Waals surface area contributed by atoms with Crippen molar-refractivity contribution in [2.24, 2.45) is 0 Å². The fourth-order valence-electron chi connectivity index (χ4n) is 4.32. The average Bonchev–Trinajstić information content (AvgIpc) is 3.16. The van der Waals surface area contributed by atoms with Crippen molar-refractivity contribution in [1.29, 1.82) is 0 Å². The maximum atomic E-state index is 14.1. The largest absolute Gasteiger partial charge is 0.486 e. The molecule has 0 saturated carbocycles. The molecule has 3 heterocycles. The van der Waals surface area contributed by atoms with Crippen LogP contribution in [0.15, 0.2) is 36.4 Å². The molecule has 0 aliphatic carbocycles. The highest BCUT2D eigenvalue weighted by Gasteiger charge is 2.33. The van der Waals surface area contributed by atoms with E-state index in [1.54, 1.807) is 18.0 Å². The zero-order valence-corrected chi connectivity index (χ0v) is 19.6. The Hall–Kier alpha value is -3.35. The summed E-state index contributed by atoms with van der Waals surface area (Å²) in [5.74, 6) is 1.44. The summed E-state index contributed by atoms with van der Waals surface area (Å²) in [5, 5.41) is 0. The van der Waals surface area contributed by atoms with Gasteiger partial charge in [0.1, 0.15) is 24.4 Å². The van der Waals surface area contributed by atoms with Gasteiger partial charge in [0, 0.05) is 24.2 Å². The number of fused-ring (bicyclic) bond motifs is 4. The van der Waals surface area contributed by atoms with E-state index in [-0.39, 0.29) is 23.4 Å². The molecule has 1 aromatic heterocycles. The summed E-state index contributed by atoms with van der Waals surface area (Å²) >= 11 is 0. The minimum Gasteiger partial charge on any atom is -0.486 e. The number of benzene rings is 2. The lowest BCUT2D eigenvalue weighted by molar-refractivity contribution is 0.0649. The smallest absolute Gasteiger partial charge is 0.274 e. The Bertz CT molecular complexity index is 1260. The monoisotopic (exact) mass is 449 g/mol. The average molecular weight is 450 g/mol. The predicted octanol–water partition coefficient (Wildman–Crippen LogP) is 4.81. The summed E-state index contributed by atoms with van der Waals surface area (Å²) in [6.45, 7) is 8.43. The van der Waals surface area contributed by atoms with Gasteiger partial charge in [-0.3, -0.25) is 9.36 Å². The van der Waals surface area contributed by atoms with E-state index < -0.39 is 0 Å². The van der Waals surface area contributed by atoms with Gasteiger partial charge in [-0.15, -0.1) is 0 Å². The highest BCUT2D eigenvalue weighted by Crippen LogP contribution is 2.41. The van der Waals surface area contributed by atoms with Crippen LogP contribution in [0.25, 0.3) is 17.1 Å². The Kier molecular flexibility index (Phi) is 4.96. The Labute approximate surface area is 193 Å². The van der Waals surface area contributed by atoms with Gasteiger partial charge in [0.15, 0.2) is 17.2 Å². The standard InChI is InChI=1S/C26H28FN3O3/c1-15-14-32-21-12-16-9-10-19-23(25(31)29(5)26(2,3)4)28-24(17-7-6-8-18(27)11-17)30(19)20(16)13-22(21)33-15/h6-8,11-13,15H,9-10,14H2,1-5H3. The maximum absolute atomic E-state index is 14.1. The summed E-state index contributed by atoms with van der Waals surface area (Å²) in [4.78, 5) is 20.0. The van der Waals surface area contributed by atoms with E-state index >= 15 is 0 Å². The summed E-state index contributed by atoms with van der Waals surface area (Å²) in [6.07, 6.45) is 1.33. The third-order valence-electron chi connectivity index (χ3n) is 6.39. The van der Waals surface area contributed by atoms with Crippen LogP contribution in [0, 0.1) is 5.82 Å². The molecule has 0 radical (unpaired) electrons. The number of halogens is 1. The molecular weight excluding hydrogens is 421 g/mol. The van der Waals surface area contributed by atoms with Gasteiger partial charge in [-0.2, -0.15) is 0 Å². The van der Waals surface area contributed by atoms with Crippen molar-refractivity contribution in [2.75, 3.05) is 13.7 Å². The van der Waals surface area contributed by atoms with E-state index in [9.17, 15) is 9.18 Å². The minimum absolute atomic E-state index is 0.0540. The molecule has 1 amide bonds. The van der Waals surface area contributed by atoms with Gasteiger partial charge >= 0.3 is 0 Å². The van der Waals surface area contributed by atoms with Crippen molar-refractivity contribution in [3.63, 3.8) is 0 Å². The molecule has 2 aliphatic heterocycles. The van der Waals surface area contributed by atoms with E-state index in [0.717, 1.165) is 29.1 Å². The van der Waals surface area contributed by atoms with Gasteiger partial charge in [-0.1, -0.05) is 12.1 Å². The zero-order valence-electron chi connectivity index (χ0n) is 19.6. The molecule has 0 bridgehead atoms. The molecule has 172 valence electrons. The van der Waals surface area contributed by atoms with Crippen LogP contribution in [0.5, 0.6) is 11.5 Å². The van der Waals surface area contributed by atoms with Crippen LogP contribution in [-0.4, -0.2) is 45.7 Å². The summed E-state index contributed by atoms with van der Waals surface area (Å²) in [5.41, 5.74) is 3.45. The highest BCUT2D eigenvalue weighted by atomic mass is 19.1. The number of ether oxygens (including phenoxy) is 2. The molecule has 0 saturated heterocycles. The molecule has 0 spiro atoms. The van der Waals surface area contributed by atoms with E-state index in [1.165, 1.54) is 12.1 Å². The lowest BCUT2D eigenvalue weighted by Gasteiger charge is -2.32. The molecule has 33 heavy (non-hydrogen) atoms. The second-order valence-electron chi connectivity index (χ2n) is 9.78. The van der Waals surface area contributed by atoms with Crippen LogP contribution in [-0.2, 0) is 12.8 Å². The van der Waals surface area contributed by atoms with E-state index in [4.69, 9.17) is 14.5 Å². The van der Waals surface area contributed by atoms with E-state index in [0.29, 0.717) is 35.9 Å². The van der Waals surface area contributed by atoms with Crippen LogP contribution in [0.1, 0.15) is 49.4 Å². The molecule has 3 aromatic rings. The normalized spacial score (nSPS) is 16.7. The first-order valence-electron chi connectivity index (χ1n) is 11.3. The van der Waals surface area contributed by atoms with Crippen molar-refractivity contribution in [3.05, 3.63) is 59.2 Å². The highest BCUT2D eigenvalue weighted by molar-refractivity contribution is 5.95. The van der Waals surface area contributed by atoms with Crippen molar-refractivity contribution < 1.29 is 18.7 Å². The predicted molar refractivity (Wildman–Crippen MR) is 124 cm³/mol. The third kappa shape index (κ3) is 3.65. The minimum atomic E-state index is -0.362. The molecule has 5 rings (SSSR count). The number of carbonyl (C=O) groups excluding carboxylic acids is 1. The number of imidazole rings is 1. The number of hydrogen-bond donors (Lipinski definition) is 0. The molecule has 7 heteroatoms. The molecule has 6 nitrogen and oxygen atoms in total. The van der Waals surface area contributed by atoms with E-state index in [1.807, 2.05) is 50.5 Å². The van der Waals surface area contributed by atoms with E-state index in [2.05, 4.69) is 0 Å². The summed E-state index contributed by atoms with van der Waals surface area (Å²) < 4.78 is 28.0. The first-order chi connectivity index (χ1) is 15.6. The van der Waals surface area contributed by atoms with Crippen molar-refractivity contribution >= 4 is 5.91 Å². The topological polar surface area (TPSA) is 56.6 Å². The molecule has 0 fully saturated rings. The van der Waals surface area contributed by atoms with Crippen molar-refractivity contribution in [2.45, 2.75) is 52.2 Å². The molecular formula is C26H28FN3O3. The van der Waals surface area contributed by atoms with Crippen LogP contribution in [0.4, 0.5) is 4.39 Å². The number of amides is 1. The number of hydrogen-bond acceptors (Lipinski definition) is 4. The number of aromatic nitrogens is 2.